The third-order valence-corrected chi connectivity index (χ3v) is 4.02. The van der Waals surface area contributed by atoms with Crippen LogP contribution >= 0.6 is 0 Å². The fourth-order valence-corrected chi connectivity index (χ4v) is 2.63. The number of carbonyl (C=O) groups is 1. The standard InChI is InChI=1S/C13H23NO3/c1-10-4-6-13(16,7-5-10)9-14-12(15)11-3-2-8-17-11/h10-11,16H,2-9H2,1H3,(H,14,15)/t10?,11-,13?/m0/s1. The van der Waals surface area contributed by atoms with Gasteiger partial charge in [-0.25, -0.2) is 0 Å². The van der Waals surface area contributed by atoms with Crippen LogP contribution in [-0.2, 0) is 9.53 Å². The van der Waals surface area contributed by atoms with E-state index in [2.05, 4.69) is 12.2 Å². The minimum absolute atomic E-state index is 0.0606. The molecule has 0 aromatic carbocycles. The molecule has 2 fully saturated rings. The Hall–Kier alpha value is -0.610. The highest BCUT2D eigenvalue weighted by Gasteiger charge is 2.33. The molecule has 98 valence electrons. The molecule has 1 heterocycles. The maximum absolute atomic E-state index is 11.7. The molecule has 4 heteroatoms. The van der Waals surface area contributed by atoms with Gasteiger partial charge in [0.1, 0.15) is 6.10 Å². The Morgan fingerprint density at radius 2 is 2.12 bits per heavy atom. The van der Waals surface area contributed by atoms with E-state index in [1.807, 2.05) is 0 Å². The van der Waals surface area contributed by atoms with Crippen LogP contribution in [-0.4, -0.2) is 35.9 Å². The highest BCUT2D eigenvalue weighted by Crippen LogP contribution is 2.31. The second-order valence-electron chi connectivity index (χ2n) is 5.63. The van der Waals surface area contributed by atoms with E-state index in [0.29, 0.717) is 19.1 Å². The van der Waals surface area contributed by atoms with E-state index in [1.165, 1.54) is 0 Å². The summed E-state index contributed by atoms with van der Waals surface area (Å²) in [6, 6.07) is 0. The maximum Gasteiger partial charge on any atom is 0.249 e. The molecule has 0 spiro atoms. The first-order valence-corrected chi connectivity index (χ1v) is 6.71. The second kappa shape index (κ2) is 5.36. The minimum Gasteiger partial charge on any atom is -0.388 e. The second-order valence-corrected chi connectivity index (χ2v) is 5.63. The summed E-state index contributed by atoms with van der Waals surface area (Å²) in [5.41, 5.74) is -0.694. The van der Waals surface area contributed by atoms with Crippen molar-refractivity contribution >= 4 is 5.91 Å². The van der Waals surface area contributed by atoms with Crippen molar-refractivity contribution < 1.29 is 14.6 Å². The summed E-state index contributed by atoms with van der Waals surface area (Å²) in [6.45, 7) is 3.27. The Bertz CT molecular complexity index is 266. The minimum atomic E-state index is -0.694. The summed E-state index contributed by atoms with van der Waals surface area (Å²) in [5, 5.41) is 13.2. The third-order valence-electron chi connectivity index (χ3n) is 4.02. The van der Waals surface area contributed by atoms with Crippen LogP contribution in [0.4, 0.5) is 0 Å². The average molecular weight is 241 g/mol. The lowest BCUT2D eigenvalue weighted by molar-refractivity contribution is -0.131. The van der Waals surface area contributed by atoms with E-state index < -0.39 is 5.60 Å². The number of aliphatic hydroxyl groups is 1. The zero-order chi connectivity index (χ0) is 12.3. The van der Waals surface area contributed by atoms with E-state index in [-0.39, 0.29) is 12.0 Å². The number of ether oxygens (including phenoxy) is 1. The number of amides is 1. The van der Waals surface area contributed by atoms with Crippen molar-refractivity contribution in [2.24, 2.45) is 5.92 Å². The highest BCUT2D eigenvalue weighted by atomic mass is 16.5. The first-order chi connectivity index (χ1) is 8.09. The molecule has 0 aromatic rings. The summed E-state index contributed by atoms with van der Waals surface area (Å²) in [4.78, 5) is 11.7. The molecule has 1 saturated heterocycles. The number of hydrogen-bond acceptors (Lipinski definition) is 3. The zero-order valence-corrected chi connectivity index (χ0v) is 10.6. The van der Waals surface area contributed by atoms with E-state index in [1.54, 1.807) is 0 Å². The SMILES string of the molecule is CC1CCC(O)(CNC(=O)[C@@H]2CCCO2)CC1. The van der Waals surface area contributed by atoms with Crippen LogP contribution in [0.1, 0.15) is 45.4 Å². The highest BCUT2D eigenvalue weighted by molar-refractivity contribution is 5.81. The van der Waals surface area contributed by atoms with E-state index in [0.717, 1.165) is 38.5 Å². The van der Waals surface area contributed by atoms with Gasteiger partial charge in [0.2, 0.25) is 5.91 Å². The van der Waals surface area contributed by atoms with Gasteiger partial charge in [0.25, 0.3) is 0 Å². The lowest BCUT2D eigenvalue weighted by Gasteiger charge is -2.35. The van der Waals surface area contributed by atoms with Gasteiger partial charge in [-0.3, -0.25) is 4.79 Å². The number of nitrogens with one attached hydrogen (secondary N) is 1. The molecular formula is C13H23NO3. The molecule has 1 atom stereocenters. The summed E-state index contributed by atoms with van der Waals surface area (Å²) in [6.07, 6.45) is 5.15. The number of carbonyl (C=O) groups excluding carboxylic acids is 1. The molecule has 1 aliphatic carbocycles. The molecule has 4 nitrogen and oxygen atoms in total. The van der Waals surface area contributed by atoms with Gasteiger partial charge in [-0.2, -0.15) is 0 Å². The van der Waals surface area contributed by atoms with Crippen molar-refractivity contribution in [1.82, 2.24) is 5.32 Å². The molecule has 0 radical (unpaired) electrons. The largest absolute Gasteiger partial charge is 0.388 e. The predicted octanol–water partition coefficient (Wildman–Crippen LogP) is 1.22. The van der Waals surface area contributed by atoms with Crippen molar-refractivity contribution in [3.05, 3.63) is 0 Å². The lowest BCUT2D eigenvalue weighted by atomic mass is 9.79. The van der Waals surface area contributed by atoms with Gasteiger partial charge in [0.15, 0.2) is 0 Å². The van der Waals surface area contributed by atoms with Crippen molar-refractivity contribution in [3.8, 4) is 0 Å². The molecule has 1 aliphatic heterocycles. The van der Waals surface area contributed by atoms with E-state index in [9.17, 15) is 9.90 Å². The van der Waals surface area contributed by atoms with Gasteiger partial charge in [0.05, 0.1) is 5.60 Å². The Balaban J connectivity index is 1.75. The summed E-state index contributed by atoms with van der Waals surface area (Å²) < 4.78 is 5.31. The van der Waals surface area contributed by atoms with Crippen LogP contribution in [0.25, 0.3) is 0 Å². The first-order valence-electron chi connectivity index (χ1n) is 6.71. The monoisotopic (exact) mass is 241 g/mol. The average Bonchev–Trinajstić information content (AvgIpc) is 2.84. The Labute approximate surface area is 103 Å². The van der Waals surface area contributed by atoms with Gasteiger partial charge in [-0.15, -0.1) is 0 Å². The Kier molecular flexibility index (Phi) is 4.05. The molecule has 1 amide bonds. The Morgan fingerprint density at radius 3 is 2.71 bits per heavy atom. The fraction of sp³-hybridized carbons (Fsp3) is 0.923. The first kappa shape index (κ1) is 12.8. The number of hydrogen-bond donors (Lipinski definition) is 2. The molecule has 2 rings (SSSR count). The van der Waals surface area contributed by atoms with Crippen molar-refractivity contribution in [3.63, 3.8) is 0 Å². The van der Waals surface area contributed by atoms with Crippen molar-refractivity contribution in [2.75, 3.05) is 13.2 Å². The van der Waals surface area contributed by atoms with Crippen LogP contribution in [0, 0.1) is 5.92 Å². The number of rotatable bonds is 3. The molecule has 0 unspecified atom stereocenters. The molecule has 2 N–H and O–H groups in total. The van der Waals surface area contributed by atoms with Crippen molar-refractivity contribution in [2.45, 2.75) is 57.2 Å². The van der Waals surface area contributed by atoms with Gasteiger partial charge >= 0.3 is 0 Å². The van der Waals surface area contributed by atoms with Crippen LogP contribution < -0.4 is 5.32 Å². The zero-order valence-electron chi connectivity index (χ0n) is 10.6. The molecule has 0 aromatic heterocycles. The normalized spacial score (nSPS) is 38.0. The molecular weight excluding hydrogens is 218 g/mol. The van der Waals surface area contributed by atoms with E-state index >= 15 is 0 Å². The summed E-state index contributed by atoms with van der Waals surface area (Å²) in [5.74, 6) is 0.638. The summed E-state index contributed by atoms with van der Waals surface area (Å²) >= 11 is 0. The lowest BCUT2D eigenvalue weighted by Crippen LogP contribution is -2.47. The maximum atomic E-state index is 11.7. The van der Waals surface area contributed by atoms with Gasteiger partial charge in [0, 0.05) is 13.2 Å². The van der Waals surface area contributed by atoms with Crippen LogP contribution in [0.3, 0.4) is 0 Å². The predicted molar refractivity (Wildman–Crippen MR) is 64.6 cm³/mol. The van der Waals surface area contributed by atoms with Crippen LogP contribution in [0.15, 0.2) is 0 Å². The topological polar surface area (TPSA) is 58.6 Å². The van der Waals surface area contributed by atoms with Gasteiger partial charge < -0.3 is 15.2 Å². The van der Waals surface area contributed by atoms with Gasteiger partial charge in [-0.1, -0.05) is 6.92 Å². The van der Waals surface area contributed by atoms with Crippen LogP contribution in [0.5, 0.6) is 0 Å². The summed E-state index contributed by atoms with van der Waals surface area (Å²) in [7, 11) is 0. The van der Waals surface area contributed by atoms with E-state index in [4.69, 9.17) is 4.74 Å². The molecule has 1 saturated carbocycles. The molecule has 2 aliphatic rings. The smallest absolute Gasteiger partial charge is 0.249 e. The Morgan fingerprint density at radius 1 is 1.41 bits per heavy atom. The van der Waals surface area contributed by atoms with Crippen molar-refractivity contribution in [1.29, 1.82) is 0 Å². The third kappa shape index (κ3) is 3.42. The quantitative estimate of drug-likeness (QED) is 0.781. The van der Waals surface area contributed by atoms with Crippen LogP contribution in [0.2, 0.25) is 0 Å². The fourth-order valence-electron chi connectivity index (χ4n) is 2.63. The molecule has 0 bridgehead atoms. The molecule has 17 heavy (non-hydrogen) atoms. The van der Waals surface area contributed by atoms with Gasteiger partial charge in [-0.05, 0) is 44.4 Å².